The minimum atomic E-state index is -4.56. The molecule has 88 valence electrons. The smallest absolute Gasteiger partial charge is 0.416 e. The molecule has 0 saturated heterocycles. The minimum absolute atomic E-state index is 0.358. The molecule has 0 aromatic heterocycles. The van der Waals surface area contributed by atoms with Crippen LogP contribution in [0.2, 0.25) is 0 Å². The van der Waals surface area contributed by atoms with Gasteiger partial charge in [-0.1, -0.05) is 0 Å². The Hall–Kier alpha value is -1.76. The van der Waals surface area contributed by atoms with E-state index >= 15 is 0 Å². The van der Waals surface area contributed by atoms with Crippen LogP contribution in [0.1, 0.15) is 5.56 Å². The maximum Gasteiger partial charge on any atom is 0.416 e. The van der Waals surface area contributed by atoms with Gasteiger partial charge in [-0.05, 0) is 18.2 Å². The molecule has 0 aliphatic rings. The molecular weight excluding hydrogens is 227 g/mol. The minimum Gasteiger partial charge on any atom is -0.504 e. The second-order valence-electron chi connectivity index (χ2n) is 2.86. The standard InChI is InChI=1S/C9H8F3NO3/c10-9(11,12)5-1-2-7(6(14)3-5)16-8(15)4-13/h1-3,14H,4,13H2. The van der Waals surface area contributed by atoms with E-state index in [4.69, 9.17) is 5.73 Å². The fraction of sp³-hybridized carbons (Fsp3) is 0.222. The lowest BCUT2D eigenvalue weighted by atomic mass is 10.2. The first-order chi connectivity index (χ1) is 7.34. The number of benzene rings is 1. The van der Waals surface area contributed by atoms with Crippen LogP contribution in [-0.4, -0.2) is 17.6 Å². The largest absolute Gasteiger partial charge is 0.504 e. The Labute approximate surface area is 88.4 Å². The van der Waals surface area contributed by atoms with Gasteiger partial charge < -0.3 is 15.6 Å². The molecule has 0 heterocycles. The van der Waals surface area contributed by atoms with E-state index in [1.54, 1.807) is 0 Å². The molecule has 0 fully saturated rings. The molecule has 0 unspecified atom stereocenters. The first kappa shape index (κ1) is 12.3. The second kappa shape index (κ2) is 4.40. The third kappa shape index (κ3) is 2.86. The highest BCUT2D eigenvalue weighted by molar-refractivity contribution is 5.75. The molecule has 0 spiro atoms. The highest BCUT2D eigenvalue weighted by Gasteiger charge is 2.31. The Morgan fingerprint density at radius 2 is 2.06 bits per heavy atom. The predicted molar refractivity (Wildman–Crippen MR) is 47.8 cm³/mol. The molecule has 0 amide bonds. The van der Waals surface area contributed by atoms with Crippen LogP contribution in [0.4, 0.5) is 13.2 Å². The lowest BCUT2D eigenvalue weighted by Gasteiger charge is -2.09. The van der Waals surface area contributed by atoms with Crippen molar-refractivity contribution in [2.75, 3.05) is 6.54 Å². The molecule has 0 aliphatic carbocycles. The number of halogens is 3. The van der Waals surface area contributed by atoms with E-state index in [9.17, 15) is 23.1 Å². The topological polar surface area (TPSA) is 72.6 Å². The fourth-order valence-electron chi connectivity index (χ4n) is 0.944. The van der Waals surface area contributed by atoms with Crippen molar-refractivity contribution in [1.82, 2.24) is 0 Å². The van der Waals surface area contributed by atoms with E-state index in [0.29, 0.717) is 12.1 Å². The summed E-state index contributed by atoms with van der Waals surface area (Å²) in [5, 5.41) is 9.18. The number of carbonyl (C=O) groups is 1. The van der Waals surface area contributed by atoms with Crippen molar-refractivity contribution in [3.63, 3.8) is 0 Å². The first-order valence-corrected chi connectivity index (χ1v) is 4.15. The van der Waals surface area contributed by atoms with Crippen LogP contribution in [0.15, 0.2) is 18.2 Å². The zero-order valence-electron chi connectivity index (χ0n) is 7.91. The quantitative estimate of drug-likeness (QED) is 0.598. The van der Waals surface area contributed by atoms with Gasteiger partial charge in [0, 0.05) is 0 Å². The molecule has 1 aromatic rings. The highest BCUT2D eigenvalue weighted by Crippen LogP contribution is 2.35. The molecule has 16 heavy (non-hydrogen) atoms. The molecule has 0 radical (unpaired) electrons. The third-order valence-electron chi connectivity index (χ3n) is 1.68. The number of hydrogen-bond donors (Lipinski definition) is 2. The first-order valence-electron chi connectivity index (χ1n) is 4.15. The number of hydrogen-bond acceptors (Lipinski definition) is 4. The molecule has 0 bridgehead atoms. The van der Waals surface area contributed by atoms with Crippen LogP contribution in [0, 0.1) is 0 Å². The van der Waals surface area contributed by atoms with Gasteiger partial charge in [-0.25, -0.2) is 0 Å². The van der Waals surface area contributed by atoms with Crippen molar-refractivity contribution >= 4 is 5.97 Å². The molecule has 3 N–H and O–H groups in total. The van der Waals surface area contributed by atoms with Crippen molar-refractivity contribution < 1.29 is 27.8 Å². The highest BCUT2D eigenvalue weighted by atomic mass is 19.4. The van der Waals surface area contributed by atoms with Gasteiger partial charge >= 0.3 is 12.1 Å². The number of nitrogens with two attached hydrogens (primary N) is 1. The molecule has 0 atom stereocenters. The maximum atomic E-state index is 12.2. The van der Waals surface area contributed by atoms with E-state index in [1.165, 1.54) is 0 Å². The number of alkyl halides is 3. The zero-order valence-corrected chi connectivity index (χ0v) is 7.91. The van der Waals surface area contributed by atoms with Crippen molar-refractivity contribution in [2.45, 2.75) is 6.18 Å². The van der Waals surface area contributed by atoms with E-state index < -0.39 is 30.0 Å². The summed E-state index contributed by atoms with van der Waals surface area (Å²) in [6.07, 6.45) is -4.56. The number of ether oxygens (including phenoxy) is 1. The Morgan fingerprint density at radius 3 is 2.50 bits per heavy atom. The van der Waals surface area contributed by atoms with Gasteiger partial charge in [0.2, 0.25) is 0 Å². The summed E-state index contributed by atoms with van der Waals surface area (Å²) in [7, 11) is 0. The van der Waals surface area contributed by atoms with Crippen LogP contribution in [0.3, 0.4) is 0 Å². The number of phenols is 1. The molecule has 1 aromatic carbocycles. The Kier molecular flexibility index (Phi) is 3.38. The predicted octanol–water partition coefficient (Wildman–Crippen LogP) is 1.28. The van der Waals surface area contributed by atoms with Gasteiger partial charge in [-0.2, -0.15) is 13.2 Å². The van der Waals surface area contributed by atoms with Gasteiger partial charge in [0.05, 0.1) is 12.1 Å². The molecule has 0 aliphatic heterocycles. The Balaban J connectivity index is 2.96. The maximum absolute atomic E-state index is 12.2. The Bertz CT molecular complexity index is 403. The average Bonchev–Trinajstić information content (AvgIpc) is 2.19. The number of esters is 1. The van der Waals surface area contributed by atoms with Crippen LogP contribution < -0.4 is 10.5 Å². The van der Waals surface area contributed by atoms with Crippen LogP contribution in [0.25, 0.3) is 0 Å². The lowest BCUT2D eigenvalue weighted by molar-refractivity contribution is -0.137. The molecule has 1 rings (SSSR count). The van der Waals surface area contributed by atoms with Crippen molar-refractivity contribution in [1.29, 1.82) is 0 Å². The summed E-state index contributed by atoms with van der Waals surface area (Å²) >= 11 is 0. The number of phenolic OH excluding ortho intramolecular Hbond substituents is 1. The summed E-state index contributed by atoms with van der Waals surface area (Å²) in [5.41, 5.74) is 3.90. The number of aromatic hydroxyl groups is 1. The zero-order chi connectivity index (χ0) is 12.3. The molecule has 4 nitrogen and oxygen atoms in total. The normalized spacial score (nSPS) is 11.2. The monoisotopic (exact) mass is 235 g/mol. The summed E-state index contributed by atoms with van der Waals surface area (Å²) in [4.78, 5) is 10.7. The van der Waals surface area contributed by atoms with E-state index in [-0.39, 0.29) is 5.75 Å². The van der Waals surface area contributed by atoms with Crippen molar-refractivity contribution in [3.8, 4) is 11.5 Å². The number of rotatable bonds is 2. The van der Waals surface area contributed by atoms with Crippen molar-refractivity contribution in [2.24, 2.45) is 5.73 Å². The van der Waals surface area contributed by atoms with Crippen LogP contribution >= 0.6 is 0 Å². The summed E-state index contributed by atoms with van der Waals surface area (Å²) in [5.74, 6) is -1.98. The molecule has 0 saturated carbocycles. The van der Waals surface area contributed by atoms with Crippen LogP contribution in [0.5, 0.6) is 11.5 Å². The van der Waals surface area contributed by atoms with Gasteiger partial charge in [0.25, 0.3) is 0 Å². The van der Waals surface area contributed by atoms with Crippen molar-refractivity contribution in [3.05, 3.63) is 23.8 Å². The average molecular weight is 235 g/mol. The second-order valence-corrected chi connectivity index (χ2v) is 2.86. The summed E-state index contributed by atoms with van der Waals surface area (Å²) in [6.45, 7) is -0.430. The molecule has 7 heteroatoms. The molecular formula is C9H8F3NO3. The SMILES string of the molecule is NCC(=O)Oc1ccc(C(F)(F)F)cc1O. The van der Waals surface area contributed by atoms with E-state index in [2.05, 4.69) is 4.74 Å². The van der Waals surface area contributed by atoms with Gasteiger partial charge in [-0.3, -0.25) is 4.79 Å². The van der Waals surface area contributed by atoms with Gasteiger partial charge in [0.1, 0.15) is 0 Å². The van der Waals surface area contributed by atoms with Crippen LogP contribution in [-0.2, 0) is 11.0 Å². The van der Waals surface area contributed by atoms with Gasteiger partial charge in [0.15, 0.2) is 11.5 Å². The lowest BCUT2D eigenvalue weighted by Crippen LogP contribution is -2.19. The van der Waals surface area contributed by atoms with E-state index in [0.717, 1.165) is 6.07 Å². The fourth-order valence-corrected chi connectivity index (χ4v) is 0.944. The van der Waals surface area contributed by atoms with Gasteiger partial charge in [-0.15, -0.1) is 0 Å². The van der Waals surface area contributed by atoms with E-state index in [1.807, 2.05) is 0 Å². The summed E-state index contributed by atoms with van der Waals surface area (Å²) < 4.78 is 41.0. The third-order valence-corrected chi connectivity index (χ3v) is 1.68. The summed E-state index contributed by atoms with van der Waals surface area (Å²) in [6, 6.07) is 2.02. The number of carbonyl (C=O) groups excluding carboxylic acids is 1. The Morgan fingerprint density at radius 1 is 1.44 bits per heavy atom.